The van der Waals surface area contributed by atoms with Gasteiger partial charge in [-0.25, -0.2) is 4.39 Å². The highest BCUT2D eigenvalue weighted by molar-refractivity contribution is 7.99. The van der Waals surface area contributed by atoms with Gasteiger partial charge in [0.2, 0.25) is 0 Å². The summed E-state index contributed by atoms with van der Waals surface area (Å²) in [7, 11) is 0. The van der Waals surface area contributed by atoms with Crippen LogP contribution in [0.5, 0.6) is 0 Å². The Balaban J connectivity index is 1.56. The summed E-state index contributed by atoms with van der Waals surface area (Å²) in [5, 5.41) is 8.86. The van der Waals surface area contributed by atoms with E-state index in [2.05, 4.69) is 10.2 Å². The normalized spacial score (nSPS) is 11.1. The van der Waals surface area contributed by atoms with Gasteiger partial charge in [0.15, 0.2) is 10.9 Å². The van der Waals surface area contributed by atoms with Crippen molar-refractivity contribution in [1.82, 2.24) is 19.3 Å². The number of nitrogens with zero attached hydrogens (tertiary/aromatic N) is 4. The van der Waals surface area contributed by atoms with Crippen LogP contribution in [0.25, 0.3) is 11.4 Å². The van der Waals surface area contributed by atoms with Crippen LogP contribution in [-0.4, -0.2) is 30.9 Å². The van der Waals surface area contributed by atoms with Gasteiger partial charge in [0.1, 0.15) is 12.1 Å². The molecule has 0 fully saturated rings. The smallest absolute Gasteiger partial charge is 0.196 e. The Bertz CT molecular complexity index is 1230. The average Bonchev–Trinajstić information content (AvgIpc) is 3.30. The van der Waals surface area contributed by atoms with E-state index in [0.29, 0.717) is 16.4 Å². The molecule has 4 rings (SSSR count). The molecule has 2 heterocycles. The summed E-state index contributed by atoms with van der Waals surface area (Å²) in [6.45, 7) is 5.82. The number of para-hydroxylation sites is 1. The van der Waals surface area contributed by atoms with E-state index in [4.69, 9.17) is 0 Å². The highest BCUT2D eigenvalue weighted by Gasteiger charge is 2.18. The number of Topliss-reactive ketones (excluding diaryl/α,β-unsaturated/α-hetero) is 1. The van der Waals surface area contributed by atoms with Crippen LogP contribution in [0.1, 0.15) is 27.3 Å². The highest BCUT2D eigenvalue weighted by Crippen LogP contribution is 2.26. The van der Waals surface area contributed by atoms with Crippen LogP contribution >= 0.6 is 11.8 Å². The van der Waals surface area contributed by atoms with Crippen molar-refractivity contribution in [3.8, 4) is 11.4 Å². The van der Waals surface area contributed by atoms with E-state index in [1.807, 2.05) is 66.3 Å². The molecule has 0 spiro atoms. The van der Waals surface area contributed by atoms with Gasteiger partial charge in [-0.2, -0.15) is 0 Å². The molecule has 5 nitrogen and oxygen atoms in total. The largest absolute Gasteiger partial charge is 0.318 e. The minimum absolute atomic E-state index is 0.00455. The third kappa shape index (κ3) is 3.80. The lowest BCUT2D eigenvalue weighted by atomic mass is 10.2. The van der Waals surface area contributed by atoms with Gasteiger partial charge in [-0.3, -0.25) is 9.36 Å². The van der Waals surface area contributed by atoms with Crippen molar-refractivity contribution in [1.29, 1.82) is 0 Å². The van der Waals surface area contributed by atoms with E-state index < -0.39 is 0 Å². The number of hydrogen-bond donors (Lipinski definition) is 0. The fourth-order valence-corrected chi connectivity index (χ4v) is 4.39. The van der Waals surface area contributed by atoms with Gasteiger partial charge < -0.3 is 4.57 Å². The van der Waals surface area contributed by atoms with Gasteiger partial charge in [-0.1, -0.05) is 36.0 Å². The summed E-state index contributed by atoms with van der Waals surface area (Å²) < 4.78 is 17.5. The molecule has 0 aliphatic rings. The van der Waals surface area contributed by atoms with Gasteiger partial charge in [0.25, 0.3) is 0 Å². The van der Waals surface area contributed by atoms with Gasteiger partial charge in [-0.05, 0) is 56.7 Å². The second kappa shape index (κ2) is 8.28. The van der Waals surface area contributed by atoms with Gasteiger partial charge in [-0.15, -0.1) is 10.2 Å². The van der Waals surface area contributed by atoms with E-state index in [1.54, 1.807) is 12.4 Å². The topological polar surface area (TPSA) is 52.7 Å². The summed E-state index contributed by atoms with van der Waals surface area (Å²) in [5.74, 6) is -0.0769. The van der Waals surface area contributed by atoms with E-state index in [-0.39, 0.29) is 17.4 Å². The van der Waals surface area contributed by atoms with Crippen LogP contribution in [-0.2, 0) is 0 Å². The molecule has 4 aromatic rings. The zero-order chi connectivity index (χ0) is 21.3. The highest BCUT2D eigenvalue weighted by atomic mass is 32.2. The summed E-state index contributed by atoms with van der Waals surface area (Å²) >= 11 is 1.35. The minimum Gasteiger partial charge on any atom is -0.318 e. The maximum absolute atomic E-state index is 13.7. The predicted molar refractivity (Wildman–Crippen MR) is 116 cm³/mol. The number of benzene rings is 2. The Labute approximate surface area is 178 Å². The van der Waals surface area contributed by atoms with Crippen LogP contribution in [0.15, 0.2) is 66.1 Å². The standard InChI is InChI=1S/C23H21FN4OS/c1-15-7-4-5-10-21(15)27-14-25-26-23(27)30-13-22(29)20-11-16(2)28(17(20)3)19-9-6-8-18(24)12-19/h4-12,14H,13H2,1-3H3. The quantitative estimate of drug-likeness (QED) is 0.322. The first-order valence-corrected chi connectivity index (χ1v) is 10.5. The van der Waals surface area contributed by atoms with Crippen molar-refractivity contribution >= 4 is 17.5 Å². The van der Waals surface area contributed by atoms with Crippen molar-refractivity contribution in [2.45, 2.75) is 25.9 Å². The first-order valence-electron chi connectivity index (χ1n) is 9.52. The molecule has 152 valence electrons. The molecular weight excluding hydrogens is 399 g/mol. The molecule has 2 aromatic heterocycles. The monoisotopic (exact) mass is 420 g/mol. The minimum atomic E-state index is -0.307. The molecule has 0 amide bonds. The molecular formula is C23H21FN4OS. The van der Waals surface area contributed by atoms with Crippen LogP contribution in [0, 0.1) is 26.6 Å². The van der Waals surface area contributed by atoms with Crippen LogP contribution in [0.2, 0.25) is 0 Å². The molecule has 0 aliphatic heterocycles. The third-order valence-corrected chi connectivity index (χ3v) is 5.96. The number of rotatable bonds is 6. The molecule has 2 aromatic carbocycles. The van der Waals surface area contributed by atoms with Crippen molar-refractivity contribution in [2.75, 3.05) is 5.75 Å². The number of ketones is 1. The second-order valence-corrected chi connectivity index (χ2v) is 8.02. The number of halogens is 1. The van der Waals surface area contributed by atoms with Gasteiger partial charge >= 0.3 is 0 Å². The van der Waals surface area contributed by atoms with E-state index >= 15 is 0 Å². The Kier molecular flexibility index (Phi) is 5.55. The first-order chi connectivity index (χ1) is 14.5. The second-order valence-electron chi connectivity index (χ2n) is 7.08. The third-order valence-electron chi connectivity index (χ3n) is 5.02. The summed E-state index contributed by atoms with van der Waals surface area (Å²) in [5.41, 5.74) is 5.10. The molecule has 0 unspecified atom stereocenters. The summed E-state index contributed by atoms with van der Waals surface area (Å²) in [6, 6.07) is 16.2. The zero-order valence-corrected chi connectivity index (χ0v) is 17.8. The summed E-state index contributed by atoms with van der Waals surface area (Å²) in [4.78, 5) is 13.0. The Morgan fingerprint density at radius 1 is 1.07 bits per heavy atom. The van der Waals surface area contributed by atoms with Crippen molar-refractivity contribution in [2.24, 2.45) is 0 Å². The number of aryl methyl sites for hydroxylation is 2. The molecule has 0 aliphatic carbocycles. The number of carbonyl (C=O) groups is 1. The average molecular weight is 421 g/mol. The molecule has 30 heavy (non-hydrogen) atoms. The van der Waals surface area contributed by atoms with E-state index in [0.717, 1.165) is 22.6 Å². The Hall–Kier alpha value is -3.19. The molecule has 0 saturated carbocycles. The van der Waals surface area contributed by atoms with E-state index in [1.165, 1.54) is 23.9 Å². The molecule has 0 atom stereocenters. The zero-order valence-electron chi connectivity index (χ0n) is 17.0. The fourth-order valence-electron chi connectivity index (χ4n) is 3.59. The molecule has 0 N–H and O–H groups in total. The van der Waals surface area contributed by atoms with Crippen molar-refractivity contribution in [3.05, 3.63) is 89.3 Å². The van der Waals surface area contributed by atoms with E-state index in [9.17, 15) is 9.18 Å². The predicted octanol–water partition coefficient (Wildman–Crippen LogP) is 5.10. The van der Waals surface area contributed by atoms with Crippen LogP contribution < -0.4 is 0 Å². The molecule has 0 bridgehead atoms. The summed E-state index contributed by atoms with van der Waals surface area (Å²) in [6.07, 6.45) is 1.66. The molecule has 0 radical (unpaired) electrons. The Morgan fingerprint density at radius 3 is 2.63 bits per heavy atom. The van der Waals surface area contributed by atoms with Gasteiger partial charge in [0, 0.05) is 22.6 Å². The SMILES string of the molecule is Cc1ccccc1-n1cnnc1SCC(=O)c1cc(C)n(-c2cccc(F)c2)c1C. The maximum atomic E-state index is 13.7. The first kappa shape index (κ1) is 20.1. The fraction of sp³-hybridized carbons (Fsp3) is 0.174. The Morgan fingerprint density at radius 2 is 1.87 bits per heavy atom. The maximum Gasteiger partial charge on any atom is 0.196 e. The lowest BCUT2D eigenvalue weighted by Gasteiger charge is -2.10. The number of hydrogen-bond acceptors (Lipinski definition) is 4. The van der Waals surface area contributed by atoms with Crippen LogP contribution in [0.4, 0.5) is 4.39 Å². The van der Waals surface area contributed by atoms with Crippen molar-refractivity contribution < 1.29 is 9.18 Å². The number of aromatic nitrogens is 4. The lowest BCUT2D eigenvalue weighted by molar-refractivity contribution is 0.102. The number of thioether (sulfide) groups is 1. The lowest BCUT2D eigenvalue weighted by Crippen LogP contribution is -2.07. The molecule has 7 heteroatoms. The van der Waals surface area contributed by atoms with Gasteiger partial charge in [0.05, 0.1) is 11.4 Å². The molecule has 0 saturated heterocycles. The van der Waals surface area contributed by atoms with Crippen molar-refractivity contribution in [3.63, 3.8) is 0 Å². The number of carbonyl (C=O) groups excluding carboxylic acids is 1. The van der Waals surface area contributed by atoms with Crippen LogP contribution in [0.3, 0.4) is 0 Å².